The number of hydrogen-bond acceptors (Lipinski definition) is 5. The zero-order valence-corrected chi connectivity index (χ0v) is 12.3. The topological polar surface area (TPSA) is 95.9 Å². The van der Waals surface area contributed by atoms with Gasteiger partial charge >= 0.3 is 5.97 Å². The highest BCUT2D eigenvalue weighted by Gasteiger charge is 2.22. The van der Waals surface area contributed by atoms with E-state index < -0.39 is 18.0 Å². The summed E-state index contributed by atoms with van der Waals surface area (Å²) in [6.45, 7) is 3.60. The van der Waals surface area contributed by atoms with Gasteiger partial charge in [-0.2, -0.15) is 0 Å². The van der Waals surface area contributed by atoms with Gasteiger partial charge in [-0.25, -0.2) is 4.79 Å². The van der Waals surface area contributed by atoms with Gasteiger partial charge in [0.15, 0.2) is 6.10 Å². The number of phenolic OH excluding ortho intramolecular Hbond substituents is 2. The molecule has 0 aliphatic rings. The molecule has 0 unspecified atom stereocenters. The van der Waals surface area contributed by atoms with E-state index in [2.05, 4.69) is 5.32 Å². The molecular formula is C16H17NO5. The summed E-state index contributed by atoms with van der Waals surface area (Å²) in [5, 5.41) is 23.4. The van der Waals surface area contributed by atoms with Crippen LogP contribution in [0.25, 0.3) is 10.8 Å². The number of carbonyl (C=O) groups excluding carboxylic acids is 2. The first-order chi connectivity index (χ1) is 10.5. The number of ether oxygens (including phenoxy) is 1. The Bertz CT molecular complexity index is 726. The van der Waals surface area contributed by atoms with Crippen LogP contribution >= 0.6 is 0 Å². The highest BCUT2D eigenvalue weighted by molar-refractivity contribution is 6.04. The summed E-state index contributed by atoms with van der Waals surface area (Å²) in [6, 6.07) is 7.71. The normalized spacial score (nSPS) is 11.9. The van der Waals surface area contributed by atoms with Crippen molar-refractivity contribution in [2.45, 2.75) is 20.0 Å². The summed E-state index contributed by atoms with van der Waals surface area (Å²) >= 11 is 0. The Balaban J connectivity index is 2.33. The molecule has 0 spiro atoms. The first kappa shape index (κ1) is 15.6. The van der Waals surface area contributed by atoms with E-state index in [1.165, 1.54) is 6.92 Å². The van der Waals surface area contributed by atoms with Crippen LogP contribution in [-0.2, 0) is 9.53 Å². The van der Waals surface area contributed by atoms with Crippen molar-refractivity contribution >= 4 is 22.6 Å². The number of nitrogens with one attached hydrogen (secondary N) is 1. The molecule has 0 heterocycles. The van der Waals surface area contributed by atoms with Gasteiger partial charge in [0.1, 0.15) is 17.1 Å². The third-order valence-corrected chi connectivity index (χ3v) is 3.22. The van der Waals surface area contributed by atoms with Crippen LogP contribution in [0.5, 0.6) is 11.5 Å². The van der Waals surface area contributed by atoms with E-state index in [1.807, 2.05) is 0 Å². The lowest BCUT2D eigenvalue weighted by Gasteiger charge is -2.14. The minimum Gasteiger partial charge on any atom is -0.507 e. The second-order valence-electron chi connectivity index (χ2n) is 4.78. The first-order valence-electron chi connectivity index (χ1n) is 6.88. The average Bonchev–Trinajstić information content (AvgIpc) is 2.51. The monoisotopic (exact) mass is 303 g/mol. The molecule has 0 aromatic heterocycles. The van der Waals surface area contributed by atoms with Crippen LogP contribution in [0.1, 0.15) is 24.2 Å². The van der Waals surface area contributed by atoms with Gasteiger partial charge in [-0.15, -0.1) is 0 Å². The van der Waals surface area contributed by atoms with Crippen LogP contribution in [0.15, 0.2) is 30.3 Å². The largest absolute Gasteiger partial charge is 0.507 e. The van der Waals surface area contributed by atoms with Crippen molar-refractivity contribution in [2.24, 2.45) is 0 Å². The number of benzene rings is 2. The molecule has 2 aromatic rings. The SMILES string of the molecule is CCNC(=O)[C@H](C)OC(=O)c1cc(O)c2ccccc2c1O. The highest BCUT2D eigenvalue weighted by atomic mass is 16.5. The van der Waals surface area contributed by atoms with Crippen molar-refractivity contribution in [2.75, 3.05) is 6.54 Å². The van der Waals surface area contributed by atoms with Gasteiger partial charge in [0.25, 0.3) is 5.91 Å². The summed E-state index contributed by atoms with van der Waals surface area (Å²) < 4.78 is 5.01. The maximum absolute atomic E-state index is 12.1. The van der Waals surface area contributed by atoms with Gasteiger partial charge in [-0.3, -0.25) is 4.79 Å². The van der Waals surface area contributed by atoms with Crippen molar-refractivity contribution in [3.63, 3.8) is 0 Å². The molecule has 2 aromatic carbocycles. The van der Waals surface area contributed by atoms with E-state index in [0.29, 0.717) is 17.3 Å². The number of esters is 1. The maximum Gasteiger partial charge on any atom is 0.342 e. The van der Waals surface area contributed by atoms with Gasteiger partial charge in [-0.1, -0.05) is 24.3 Å². The fraction of sp³-hybridized carbons (Fsp3) is 0.250. The molecule has 2 rings (SSSR count). The number of carbonyl (C=O) groups is 2. The Labute approximate surface area is 127 Å². The molecule has 1 atom stereocenters. The Hall–Kier alpha value is -2.76. The second kappa shape index (κ2) is 6.34. The number of rotatable bonds is 4. The Kier molecular flexibility index (Phi) is 4.50. The quantitative estimate of drug-likeness (QED) is 0.592. The van der Waals surface area contributed by atoms with Crippen molar-refractivity contribution < 1.29 is 24.5 Å². The van der Waals surface area contributed by atoms with Crippen LogP contribution < -0.4 is 5.32 Å². The molecule has 22 heavy (non-hydrogen) atoms. The predicted octanol–water partition coefficient (Wildman–Crippen LogP) is 1.93. The zero-order chi connectivity index (χ0) is 16.3. The highest BCUT2D eigenvalue weighted by Crippen LogP contribution is 2.35. The number of hydrogen-bond donors (Lipinski definition) is 3. The molecule has 0 aliphatic carbocycles. The van der Waals surface area contributed by atoms with Crippen molar-refractivity contribution in [3.05, 3.63) is 35.9 Å². The summed E-state index contributed by atoms with van der Waals surface area (Å²) in [5.41, 5.74) is -0.188. The lowest BCUT2D eigenvalue weighted by atomic mass is 10.0. The third-order valence-electron chi connectivity index (χ3n) is 3.22. The molecule has 0 aliphatic heterocycles. The minimum atomic E-state index is -1.000. The van der Waals surface area contributed by atoms with Crippen LogP contribution in [0, 0.1) is 0 Å². The zero-order valence-electron chi connectivity index (χ0n) is 12.3. The van der Waals surface area contributed by atoms with Crippen molar-refractivity contribution in [1.82, 2.24) is 5.32 Å². The second-order valence-corrected chi connectivity index (χ2v) is 4.78. The standard InChI is InChI=1S/C16H17NO5/c1-3-17-15(20)9(2)22-16(21)12-8-13(18)10-6-4-5-7-11(10)14(12)19/h4-9,18-19H,3H2,1-2H3,(H,17,20)/t9-/m0/s1. The molecule has 0 saturated carbocycles. The fourth-order valence-electron chi connectivity index (χ4n) is 2.09. The predicted molar refractivity (Wildman–Crippen MR) is 80.8 cm³/mol. The first-order valence-corrected chi connectivity index (χ1v) is 6.88. The van der Waals surface area contributed by atoms with Crippen LogP contribution in [0.4, 0.5) is 0 Å². The molecule has 0 bridgehead atoms. The molecule has 6 heteroatoms. The summed E-state index contributed by atoms with van der Waals surface area (Å²) in [7, 11) is 0. The van der Waals surface area contributed by atoms with E-state index in [9.17, 15) is 19.8 Å². The van der Waals surface area contributed by atoms with Gasteiger partial charge in [0.05, 0.1) is 0 Å². The number of likely N-dealkylation sites (N-methyl/N-ethyl adjacent to an activating group) is 1. The number of phenols is 2. The molecule has 116 valence electrons. The third kappa shape index (κ3) is 2.95. The van der Waals surface area contributed by atoms with Crippen molar-refractivity contribution in [1.29, 1.82) is 0 Å². The fourth-order valence-corrected chi connectivity index (χ4v) is 2.09. The molecule has 1 amide bonds. The smallest absolute Gasteiger partial charge is 0.342 e. The number of amides is 1. The molecule has 6 nitrogen and oxygen atoms in total. The summed E-state index contributed by atoms with van der Waals surface area (Å²) in [6.07, 6.45) is -1.000. The molecular weight excluding hydrogens is 286 g/mol. The Morgan fingerprint density at radius 2 is 1.86 bits per heavy atom. The lowest BCUT2D eigenvalue weighted by molar-refractivity contribution is -0.128. The Morgan fingerprint density at radius 3 is 2.50 bits per heavy atom. The molecule has 0 radical (unpaired) electrons. The lowest BCUT2D eigenvalue weighted by Crippen LogP contribution is -2.35. The molecule has 3 N–H and O–H groups in total. The van der Waals surface area contributed by atoms with E-state index >= 15 is 0 Å². The number of fused-ring (bicyclic) bond motifs is 1. The van der Waals surface area contributed by atoms with Gasteiger partial charge in [0, 0.05) is 17.3 Å². The van der Waals surface area contributed by atoms with Crippen LogP contribution in [-0.4, -0.2) is 34.7 Å². The summed E-state index contributed by atoms with van der Waals surface area (Å²) in [4.78, 5) is 23.7. The summed E-state index contributed by atoms with van der Waals surface area (Å²) in [5.74, 6) is -1.75. The van der Waals surface area contributed by atoms with Crippen LogP contribution in [0.3, 0.4) is 0 Å². The van der Waals surface area contributed by atoms with E-state index in [1.54, 1.807) is 31.2 Å². The van der Waals surface area contributed by atoms with Gasteiger partial charge in [0.2, 0.25) is 0 Å². The maximum atomic E-state index is 12.1. The van der Waals surface area contributed by atoms with E-state index in [-0.39, 0.29) is 17.1 Å². The molecule has 0 fully saturated rings. The number of aromatic hydroxyl groups is 2. The van der Waals surface area contributed by atoms with Gasteiger partial charge in [-0.05, 0) is 19.9 Å². The van der Waals surface area contributed by atoms with E-state index in [0.717, 1.165) is 6.07 Å². The average molecular weight is 303 g/mol. The van der Waals surface area contributed by atoms with Crippen molar-refractivity contribution in [3.8, 4) is 11.5 Å². The van der Waals surface area contributed by atoms with E-state index in [4.69, 9.17) is 4.74 Å². The van der Waals surface area contributed by atoms with Crippen LogP contribution in [0.2, 0.25) is 0 Å². The Morgan fingerprint density at radius 1 is 1.23 bits per heavy atom. The molecule has 0 saturated heterocycles. The minimum absolute atomic E-state index is 0.147. The van der Waals surface area contributed by atoms with Gasteiger partial charge < -0.3 is 20.3 Å².